The summed E-state index contributed by atoms with van der Waals surface area (Å²) in [5, 5.41) is 9.18. The van der Waals surface area contributed by atoms with Crippen LogP contribution in [0, 0.1) is 12.8 Å². The van der Waals surface area contributed by atoms with Crippen LogP contribution in [-0.2, 0) is 20.4 Å². The standard InChI is InChI=1S/C24H28N4O4S/c1-17-25-23(27-32-17)24(12-4-5-13-24)26-22(29)19-10-14-28(15-11-19)33(30,31)21-9-8-18-6-2-3-7-20(18)16-21/h2-3,6-9,16,19H,4-5,10-15H2,1H3,(H,26,29). The molecule has 1 saturated heterocycles. The van der Waals surface area contributed by atoms with Crippen LogP contribution in [0.1, 0.15) is 50.2 Å². The Morgan fingerprint density at radius 1 is 1.09 bits per heavy atom. The molecule has 0 atom stereocenters. The second kappa shape index (κ2) is 8.53. The lowest BCUT2D eigenvalue weighted by Crippen LogP contribution is -2.49. The number of fused-ring (bicyclic) bond motifs is 1. The van der Waals surface area contributed by atoms with Crippen molar-refractivity contribution in [1.29, 1.82) is 0 Å². The molecule has 0 spiro atoms. The Labute approximate surface area is 193 Å². The van der Waals surface area contributed by atoms with Gasteiger partial charge in [-0.05, 0) is 48.6 Å². The Hall–Kier alpha value is -2.78. The van der Waals surface area contributed by atoms with Crippen molar-refractivity contribution < 1.29 is 17.7 Å². The minimum absolute atomic E-state index is 0.0536. The van der Waals surface area contributed by atoms with Gasteiger partial charge in [0.15, 0.2) is 5.82 Å². The van der Waals surface area contributed by atoms with E-state index >= 15 is 0 Å². The van der Waals surface area contributed by atoms with E-state index in [1.165, 1.54) is 4.31 Å². The molecule has 1 aromatic heterocycles. The van der Waals surface area contributed by atoms with E-state index in [0.717, 1.165) is 36.5 Å². The number of benzene rings is 2. The molecule has 2 heterocycles. The fourth-order valence-corrected chi connectivity index (χ4v) is 6.56. The number of carbonyl (C=O) groups is 1. The minimum atomic E-state index is -3.61. The first-order chi connectivity index (χ1) is 15.9. The highest BCUT2D eigenvalue weighted by Gasteiger charge is 2.43. The molecule has 1 aliphatic heterocycles. The second-order valence-corrected chi connectivity index (χ2v) is 11.0. The van der Waals surface area contributed by atoms with Crippen molar-refractivity contribution in [3.8, 4) is 0 Å². The molecule has 0 radical (unpaired) electrons. The third kappa shape index (κ3) is 4.15. The van der Waals surface area contributed by atoms with Gasteiger partial charge in [-0.1, -0.05) is 48.3 Å². The molecule has 8 nitrogen and oxygen atoms in total. The van der Waals surface area contributed by atoms with Crippen molar-refractivity contribution in [2.45, 2.75) is 55.9 Å². The first-order valence-electron chi connectivity index (χ1n) is 11.5. The Kier molecular flexibility index (Phi) is 5.70. The van der Waals surface area contributed by atoms with Crippen molar-refractivity contribution in [2.75, 3.05) is 13.1 Å². The molecule has 33 heavy (non-hydrogen) atoms. The lowest BCUT2D eigenvalue weighted by atomic mass is 9.92. The van der Waals surface area contributed by atoms with E-state index in [1.54, 1.807) is 19.1 Å². The highest BCUT2D eigenvalue weighted by molar-refractivity contribution is 7.89. The Balaban J connectivity index is 1.26. The van der Waals surface area contributed by atoms with E-state index in [4.69, 9.17) is 4.52 Å². The number of hydrogen-bond donors (Lipinski definition) is 1. The van der Waals surface area contributed by atoms with Crippen LogP contribution < -0.4 is 5.32 Å². The molecule has 1 N–H and O–H groups in total. The van der Waals surface area contributed by atoms with Crippen LogP contribution >= 0.6 is 0 Å². The number of rotatable bonds is 5. The monoisotopic (exact) mass is 468 g/mol. The predicted octanol–water partition coefficient (Wildman–Crippen LogP) is 3.52. The molecule has 0 bridgehead atoms. The summed E-state index contributed by atoms with van der Waals surface area (Å²) in [6.07, 6.45) is 4.53. The first kappa shape index (κ1) is 22.0. The normalized spacial score (nSPS) is 19.7. The summed E-state index contributed by atoms with van der Waals surface area (Å²) < 4.78 is 33.1. The SMILES string of the molecule is Cc1nc(C2(NC(=O)C3CCN(S(=O)(=O)c4ccc5ccccc5c4)CC3)CCCC2)no1. The smallest absolute Gasteiger partial charge is 0.243 e. The van der Waals surface area contributed by atoms with Gasteiger partial charge in [0, 0.05) is 25.9 Å². The average Bonchev–Trinajstić information content (AvgIpc) is 3.48. The summed E-state index contributed by atoms with van der Waals surface area (Å²) in [6, 6.07) is 12.9. The van der Waals surface area contributed by atoms with Crippen LogP contribution in [0.3, 0.4) is 0 Å². The molecule has 9 heteroatoms. The van der Waals surface area contributed by atoms with Gasteiger partial charge < -0.3 is 9.84 Å². The van der Waals surface area contributed by atoms with Gasteiger partial charge in [0.2, 0.25) is 21.8 Å². The molecular formula is C24H28N4O4S. The van der Waals surface area contributed by atoms with E-state index < -0.39 is 15.6 Å². The number of aromatic nitrogens is 2. The van der Waals surface area contributed by atoms with Crippen LogP contribution in [0.4, 0.5) is 0 Å². The topological polar surface area (TPSA) is 105 Å². The number of amides is 1. The minimum Gasteiger partial charge on any atom is -0.343 e. The van der Waals surface area contributed by atoms with Crippen molar-refractivity contribution in [1.82, 2.24) is 19.8 Å². The van der Waals surface area contributed by atoms with Gasteiger partial charge in [0.1, 0.15) is 5.54 Å². The zero-order chi connectivity index (χ0) is 23.1. The number of hydrogen-bond acceptors (Lipinski definition) is 6. The van der Waals surface area contributed by atoms with Crippen molar-refractivity contribution in [2.24, 2.45) is 5.92 Å². The van der Waals surface area contributed by atoms with Crippen LogP contribution in [0.15, 0.2) is 51.9 Å². The van der Waals surface area contributed by atoms with Gasteiger partial charge >= 0.3 is 0 Å². The molecule has 0 unspecified atom stereocenters. The van der Waals surface area contributed by atoms with Crippen LogP contribution in [-0.4, -0.2) is 41.9 Å². The molecule has 174 valence electrons. The molecule has 2 fully saturated rings. The molecular weight excluding hydrogens is 440 g/mol. The number of nitrogens with zero attached hydrogens (tertiary/aromatic N) is 3. The van der Waals surface area contributed by atoms with Gasteiger partial charge in [0.05, 0.1) is 4.90 Å². The summed E-state index contributed by atoms with van der Waals surface area (Å²) in [4.78, 5) is 17.8. The number of aryl methyl sites for hydroxylation is 1. The highest BCUT2D eigenvalue weighted by Crippen LogP contribution is 2.38. The fraction of sp³-hybridized carbons (Fsp3) is 0.458. The van der Waals surface area contributed by atoms with Crippen molar-refractivity contribution in [3.05, 3.63) is 54.2 Å². The molecule has 1 aliphatic carbocycles. The van der Waals surface area contributed by atoms with Gasteiger partial charge in [-0.2, -0.15) is 9.29 Å². The summed E-state index contributed by atoms with van der Waals surface area (Å²) in [5.41, 5.74) is -0.580. The molecule has 1 amide bonds. The van der Waals surface area contributed by atoms with E-state index in [-0.39, 0.29) is 11.8 Å². The van der Waals surface area contributed by atoms with Gasteiger partial charge in [0.25, 0.3) is 0 Å². The third-order valence-corrected chi connectivity index (χ3v) is 8.85. The quantitative estimate of drug-likeness (QED) is 0.614. The highest BCUT2D eigenvalue weighted by atomic mass is 32.2. The maximum Gasteiger partial charge on any atom is 0.243 e. The van der Waals surface area contributed by atoms with Crippen LogP contribution in [0.2, 0.25) is 0 Å². The van der Waals surface area contributed by atoms with E-state index in [1.807, 2.05) is 30.3 Å². The number of sulfonamides is 1. The maximum atomic E-state index is 13.2. The molecule has 2 aromatic carbocycles. The lowest BCUT2D eigenvalue weighted by molar-refractivity contribution is -0.128. The molecule has 2 aliphatic rings. The van der Waals surface area contributed by atoms with E-state index in [9.17, 15) is 13.2 Å². The van der Waals surface area contributed by atoms with Crippen LogP contribution in [0.5, 0.6) is 0 Å². The van der Waals surface area contributed by atoms with Gasteiger partial charge in [-0.15, -0.1) is 0 Å². The second-order valence-electron chi connectivity index (χ2n) is 9.10. The largest absolute Gasteiger partial charge is 0.343 e. The molecule has 3 aromatic rings. The van der Waals surface area contributed by atoms with E-state index in [2.05, 4.69) is 15.5 Å². The fourth-order valence-electron chi connectivity index (χ4n) is 5.05. The molecule has 1 saturated carbocycles. The number of carbonyl (C=O) groups excluding carboxylic acids is 1. The Morgan fingerprint density at radius 3 is 2.45 bits per heavy atom. The lowest BCUT2D eigenvalue weighted by Gasteiger charge is -2.33. The zero-order valence-corrected chi connectivity index (χ0v) is 19.5. The Morgan fingerprint density at radius 2 is 1.79 bits per heavy atom. The van der Waals surface area contributed by atoms with Crippen molar-refractivity contribution in [3.63, 3.8) is 0 Å². The summed E-state index contributed by atoms with van der Waals surface area (Å²) in [5.74, 6) is 0.737. The predicted molar refractivity (Wildman–Crippen MR) is 123 cm³/mol. The number of nitrogens with one attached hydrogen (secondary N) is 1. The van der Waals surface area contributed by atoms with Crippen molar-refractivity contribution >= 4 is 26.7 Å². The average molecular weight is 469 g/mol. The van der Waals surface area contributed by atoms with Crippen LogP contribution in [0.25, 0.3) is 10.8 Å². The summed E-state index contributed by atoms with van der Waals surface area (Å²) in [6.45, 7) is 2.38. The Bertz CT molecular complexity index is 1270. The third-order valence-electron chi connectivity index (χ3n) is 6.96. The summed E-state index contributed by atoms with van der Waals surface area (Å²) >= 11 is 0. The number of piperidine rings is 1. The van der Waals surface area contributed by atoms with Gasteiger partial charge in [-0.3, -0.25) is 4.79 Å². The zero-order valence-electron chi connectivity index (χ0n) is 18.7. The van der Waals surface area contributed by atoms with E-state index in [0.29, 0.717) is 42.5 Å². The maximum absolute atomic E-state index is 13.2. The first-order valence-corrected chi connectivity index (χ1v) is 12.9. The van der Waals surface area contributed by atoms with Gasteiger partial charge in [-0.25, -0.2) is 8.42 Å². The summed E-state index contributed by atoms with van der Waals surface area (Å²) in [7, 11) is -3.61. The molecule has 5 rings (SSSR count).